The molecular formula is C12H21NO4. The second-order valence-electron chi connectivity index (χ2n) is 5.51. The van der Waals surface area contributed by atoms with Crippen molar-refractivity contribution in [1.29, 1.82) is 0 Å². The van der Waals surface area contributed by atoms with E-state index in [1.54, 1.807) is 20.8 Å². The van der Waals surface area contributed by atoms with Crippen LogP contribution in [0.2, 0.25) is 0 Å². The van der Waals surface area contributed by atoms with E-state index in [2.05, 4.69) is 10.1 Å². The highest BCUT2D eigenvalue weighted by atomic mass is 16.6. The first-order valence-corrected chi connectivity index (χ1v) is 5.84. The van der Waals surface area contributed by atoms with Crippen LogP contribution in [-0.4, -0.2) is 30.3 Å². The van der Waals surface area contributed by atoms with Crippen LogP contribution in [0.1, 0.15) is 46.5 Å². The van der Waals surface area contributed by atoms with Crippen LogP contribution in [0.3, 0.4) is 0 Å². The predicted octanol–water partition coefficient (Wildman–Crippen LogP) is 2.00. The molecule has 0 aromatic carbocycles. The van der Waals surface area contributed by atoms with Crippen LogP contribution in [0.25, 0.3) is 0 Å². The van der Waals surface area contributed by atoms with Crippen molar-refractivity contribution in [3.8, 4) is 0 Å². The van der Waals surface area contributed by atoms with E-state index in [1.165, 1.54) is 7.11 Å². The van der Waals surface area contributed by atoms with Gasteiger partial charge in [-0.05, 0) is 40.0 Å². The number of amides is 1. The Morgan fingerprint density at radius 1 is 1.29 bits per heavy atom. The number of methoxy groups -OCH3 is 1. The maximum Gasteiger partial charge on any atom is 0.408 e. The number of ether oxygens (including phenoxy) is 2. The van der Waals surface area contributed by atoms with Gasteiger partial charge in [-0.15, -0.1) is 0 Å². The van der Waals surface area contributed by atoms with E-state index in [1.807, 2.05) is 0 Å². The van der Waals surface area contributed by atoms with Gasteiger partial charge in [0.2, 0.25) is 0 Å². The zero-order valence-electron chi connectivity index (χ0n) is 11.0. The Labute approximate surface area is 102 Å². The summed E-state index contributed by atoms with van der Waals surface area (Å²) in [5, 5.41) is 2.79. The van der Waals surface area contributed by atoms with Gasteiger partial charge in [0.05, 0.1) is 19.1 Å². The number of hydrogen-bond acceptors (Lipinski definition) is 4. The molecule has 1 amide bonds. The third-order valence-corrected chi connectivity index (χ3v) is 2.79. The van der Waals surface area contributed by atoms with Gasteiger partial charge in [-0.25, -0.2) is 4.79 Å². The number of rotatable bonds is 3. The van der Waals surface area contributed by atoms with E-state index in [9.17, 15) is 9.59 Å². The lowest BCUT2D eigenvalue weighted by atomic mass is 9.74. The Balaban J connectivity index is 2.52. The first-order chi connectivity index (χ1) is 7.76. The van der Waals surface area contributed by atoms with E-state index in [0.717, 1.165) is 19.3 Å². The van der Waals surface area contributed by atoms with Gasteiger partial charge in [-0.3, -0.25) is 4.79 Å². The standard InChI is InChI=1S/C12H21NO4/c1-11(2,3)17-10(15)13-12(6-5-7-12)8-9(14)16-4/h5-8H2,1-4H3,(H,13,15). The number of carbonyl (C=O) groups is 2. The maximum absolute atomic E-state index is 11.7. The molecule has 1 N–H and O–H groups in total. The van der Waals surface area contributed by atoms with Crippen molar-refractivity contribution in [3.63, 3.8) is 0 Å². The van der Waals surface area contributed by atoms with Crippen LogP contribution in [0, 0.1) is 0 Å². The van der Waals surface area contributed by atoms with Crippen LogP contribution >= 0.6 is 0 Å². The Morgan fingerprint density at radius 3 is 2.24 bits per heavy atom. The summed E-state index contributed by atoms with van der Waals surface area (Å²) in [6.07, 6.45) is 2.33. The van der Waals surface area contributed by atoms with Crippen molar-refractivity contribution in [3.05, 3.63) is 0 Å². The molecule has 5 heteroatoms. The molecule has 0 saturated heterocycles. The molecule has 0 spiro atoms. The lowest BCUT2D eigenvalue weighted by Crippen LogP contribution is -2.55. The quantitative estimate of drug-likeness (QED) is 0.770. The van der Waals surface area contributed by atoms with Crippen molar-refractivity contribution >= 4 is 12.1 Å². The fourth-order valence-corrected chi connectivity index (χ4v) is 1.82. The van der Waals surface area contributed by atoms with Crippen LogP contribution < -0.4 is 5.32 Å². The molecule has 0 heterocycles. The van der Waals surface area contributed by atoms with Gasteiger partial charge in [-0.2, -0.15) is 0 Å². The molecular weight excluding hydrogens is 222 g/mol. The minimum Gasteiger partial charge on any atom is -0.469 e. The van der Waals surface area contributed by atoms with Crippen molar-refractivity contribution in [2.24, 2.45) is 0 Å². The molecule has 0 aromatic rings. The smallest absolute Gasteiger partial charge is 0.408 e. The van der Waals surface area contributed by atoms with Gasteiger partial charge in [0.1, 0.15) is 5.60 Å². The topological polar surface area (TPSA) is 64.6 Å². The van der Waals surface area contributed by atoms with Crippen molar-refractivity contribution < 1.29 is 19.1 Å². The largest absolute Gasteiger partial charge is 0.469 e. The summed E-state index contributed by atoms with van der Waals surface area (Å²) in [5.41, 5.74) is -0.990. The van der Waals surface area contributed by atoms with Gasteiger partial charge in [0.25, 0.3) is 0 Å². The number of esters is 1. The van der Waals surface area contributed by atoms with E-state index in [0.29, 0.717) is 0 Å². The highest BCUT2D eigenvalue weighted by Gasteiger charge is 2.41. The van der Waals surface area contributed by atoms with Crippen LogP contribution in [0.4, 0.5) is 4.79 Å². The van der Waals surface area contributed by atoms with Gasteiger partial charge < -0.3 is 14.8 Å². The molecule has 1 saturated carbocycles. The normalized spacial score (nSPS) is 17.9. The van der Waals surface area contributed by atoms with E-state index in [-0.39, 0.29) is 12.4 Å². The highest BCUT2D eigenvalue weighted by Crippen LogP contribution is 2.35. The third-order valence-electron chi connectivity index (χ3n) is 2.79. The molecule has 98 valence electrons. The number of nitrogens with one attached hydrogen (secondary N) is 1. The molecule has 0 aliphatic heterocycles. The van der Waals surface area contributed by atoms with Gasteiger partial charge in [-0.1, -0.05) is 0 Å². The van der Waals surface area contributed by atoms with Crippen molar-refractivity contribution in [2.45, 2.75) is 57.6 Å². The fourth-order valence-electron chi connectivity index (χ4n) is 1.82. The second kappa shape index (κ2) is 4.94. The second-order valence-corrected chi connectivity index (χ2v) is 5.51. The lowest BCUT2D eigenvalue weighted by Gasteiger charge is -2.41. The van der Waals surface area contributed by atoms with Gasteiger partial charge in [0, 0.05) is 0 Å². The average molecular weight is 243 g/mol. The summed E-state index contributed by atoms with van der Waals surface area (Å²) in [7, 11) is 1.35. The predicted molar refractivity (Wildman–Crippen MR) is 62.6 cm³/mol. The summed E-state index contributed by atoms with van der Waals surface area (Å²) in [6, 6.07) is 0. The molecule has 1 rings (SSSR count). The number of alkyl carbamates (subject to hydrolysis) is 1. The zero-order chi connectivity index (χ0) is 13.1. The highest BCUT2D eigenvalue weighted by molar-refractivity contribution is 5.74. The number of hydrogen-bond donors (Lipinski definition) is 1. The third kappa shape index (κ3) is 4.24. The molecule has 0 bridgehead atoms. The molecule has 0 atom stereocenters. The zero-order valence-corrected chi connectivity index (χ0v) is 11.0. The first-order valence-electron chi connectivity index (χ1n) is 5.84. The SMILES string of the molecule is COC(=O)CC1(NC(=O)OC(C)(C)C)CCC1. The molecule has 0 aromatic heterocycles. The van der Waals surface area contributed by atoms with E-state index < -0.39 is 17.2 Å². The minimum atomic E-state index is -0.527. The maximum atomic E-state index is 11.7. The minimum absolute atomic E-state index is 0.211. The monoisotopic (exact) mass is 243 g/mol. The van der Waals surface area contributed by atoms with Crippen LogP contribution in [0.15, 0.2) is 0 Å². The van der Waals surface area contributed by atoms with Crippen LogP contribution in [-0.2, 0) is 14.3 Å². The Morgan fingerprint density at radius 2 is 1.88 bits per heavy atom. The van der Waals surface area contributed by atoms with E-state index in [4.69, 9.17) is 4.74 Å². The summed E-state index contributed by atoms with van der Waals surface area (Å²) in [6.45, 7) is 5.42. The van der Waals surface area contributed by atoms with Crippen LogP contribution in [0.5, 0.6) is 0 Å². The molecule has 0 radical (unpaired) electrons. The fraction of sp³-hybridized carbons (Fsp3) is 0.833. The Kier molecular flexibility index (Phi) is 4.01. The summed E-state index contributed by atoms with van der Waals surface area (Å²) < 4.78 is 9.82. The van der Waals surface area contributed by atoms with E-state index >= 15 is 0 Å². The molecule has 5 nitrogen and oxygen atoms in total. The van der Waals surface area contributed by atoms with Gasteiger partial charge >= 0.3 is 12.1 Å². The van der Waals surface area contributed by atoms with Crippen molar-refractivity contribution in [2.75, 3.05) is 7.11 Å². The Hall–Kier alpha value is -1.26. The lowest BCUT2D eigenvalue weighted by molar-refractivity contribution is -0.143. The summed E-state index contributed by atoms with van der Waals surface area (Å²) in [5.74, 6) is -0.305. The molecule has 17 heavy (non-hydrogen) atoms. The Bertz CT molecular complexity index is 302. The summed E-state index contributed by atoms with van der Waals surface area (Å²) >= 11 is 0. The number of carbonyl (C=O) groups excluding carboxylic acids is 2. The van der Waals surface area contributed by atoms with Gasteiger partial charge in [0.15, 0.2) is 0 Å². The summed E-state index contributed by atoms with van der Waals surface area (Å²) in [4.78, 5) is 22.9. The molecule has 1 fully saturated rings. The molecule has 1 aliphatic rings. The first kappa shape index (κ1) is 13.8. The van der Waals surface area contributed by atoms with Crippen molar-refractivity contribution in [1.82, 2.24) is 5.32 Å². The molecule has 0 unspecified atom stereocenters. The molecule has 1 aliphatic carbocycles. The average Bonchev–Trinajstić information content (AvgIpc) is 2.10.